The molecular weight excluding hydrogens is 795 g/mol. The summed E-state index contributed by atoms with van der Waals surface area (Å²) in [7, 11) is 0. The zero-order valence-electron chi connectivity index (χ0n) is 35.5. The summed E-state index contributed by atoms with van der Waals surface area (Å²) in [4.78, 5) is 10.8. The molecule has 3 heterocycles. The normalized spacial score (nSPS) is 12.5. The molecule has 0 fully saturated rings. The van der Waals surface area contributed by atoms with E-state index in [0.717, 1.165) is 84.1 Å². The Kier molecular flexibility index (Phi) is 9.39. The van der Waals surface area contributed by atoms with Gasteiger partial charge in [-0.15, -0.1) is 0 Å². The predicted octanol–water partition coefficient (Wildman–Crippen LogP) is 13.1. The second-order valence-corrected chi connectivity index (χ2v) is 16.5. The summed E-state index contributed by atoms with van der Waals surface area (Å²) < 4.78 is 7.15. The molecule has 7 nitrogen and oxygen atoms in total. The molecule has 0 saturated heterocycles. The lowest BCUT2D eigenvalue weighted by molar-refractivity contribution is 0.679. The number of hydrogen-bond acceptors (Lipinski definition) is 3. The fourth-order valence-corrected chi connectivity index (χ4v) is 9.50. The maximum Gasteiger partial charge on any atom is 0.165 e. The molecule has 1 unspecified atom stereocenters. The van der Waals surface area contributed by atoms with E-state index >= 15 is 0 Å². The third-order valence-electron chi connectivity index (χ3n) is 12.5. The first kappa shape index (κ1) is 38.2. The Balaban J connectivity index is 1.12. The van der Waals surface area contributed by atoms with Crippen LogP contribution in [0.25, 0.3) is 83.1 Å². The number of amidine groups is 1. The second-order valence-electron chi connectivity index (χ2n) is 16.5. The minimum absolute atomic E-state index is 0.429. The minimum Gasteiger partial charge on any atom is -0.351 e. The first-order valence-corrected chi connectivity index (χ1v) is 22.0. The van der Waals surface area contributed by atoms with Gasteiger partial charge in [-0.3, -0.25) is 14.1 Å². The lowest BCUT2D eigenvalue weighted by Crippen LogP contribution is -2.34. The summed E-state index contributed by atoms with van der Waals surface area (Å²) >= 11 is 0. The maximum atomic E-state index is 6.72. The van der Waals surface area contributed by atoms with Crippen LogP contribution in [0.2, 0.25) is 0 Å². The average Bonchev–Trinajstić information content (AvgIpc) is 4.03. The van der Waals surface area contributed by atoms with Crippen molar-refractivity contribution < 1.29 is 0 Å². The van der Waals surface area contributed by atoms with Crippen LogP contribution in [0.5, 0.6) is 0 Å². The number of benzene rings is 9. The van der Waals surface area contributed by atoms with Crippen LogP contribution in [-0.4, -0.2) is 24.5 Å². The molecule has 0 amide bonds. The quantitative estimate of drug-likeness (QED) is 0.0863. The third kappa shape index (κ3) is 6.65. The number of imidazole rings is 1. The molecule has 1 atom stereocenters. The maximum absolute atomic E-state index is 6.72. The van der Waals surface area contributed by atoms with Gasteiger partial charge in [0.05, 0.1) is 28.5 Å². The summed E-state index contributed by atoms with van der Waals surface area (Å²) in [6, 6.07) is 78.8. The van der Waals surface area contributed by atoms with Crippen molar-refractivity contribution in [1.82, 2.24) is 24.0 Å². The molecule has 310 valence electrons. The van der Waals surface area contributed by atoms with Gasteiger partial charge < -0.3 is 15.6 Å². The Bertz CT molecular complexity index is 3720. The van der Waals surface area contributed by atoms with E-state index < -0.39 is 6.17 Å². The SMILES string of the molecule is NC(NC(=NCc1cccc(-n2c3ccc4c5ccccc5n(-c5ccc6ccccc6c5)c4c3c3c2nc(-c2ccccc2)n3-c2ccccc2)c1)c1ccccc1)c1ccccc1. The molecule has 12 aromatic rings. The number of aliphatic imine (C=N–C) groups is 1. The first-order chi connectivity index (χ1) is 32.2. The molecule has 0 aliphatic carbocycles. The largest absolute Gasteiger partial charge is 0.351 e. The number of hydrogen-bond donors (Lipinski definition) is 2. The van der Waals surface area contributed by atoms with Gasteiger partial charge in [0.2, 0.25) is 0 Å². The highest BCUT2D eigenvalue weighted by atomic mass is 15.2. The summed E-state index contributed by atoms with van der Waals surface area (Å²) in [5.74, 6) is 1.61. The van der Waals surface area contributed by atoms with E-state index in [9.17, 15) is 0 Å². The molecule has 0 spiro atoms. The van der Waals surface area contributed by atoms with Crippen LogP contribution in [0, 0.1) is 0 Å². The highest BCUT2D eigenvalue weighted by molar-refractivity contribution is 6.25. The highest BCUT2D eigenvalue weighted by Crippen LogP contribution is 2.44. The van der Waals surface area contributed by atoms with Crippen molar-refractivity contribution in [2.45, 2.75) is 12.7 Å². The Morgan fingerprint density at radius 1 is 0.508 bits per heavy atom. The molecule has 0 aliphatic heterocycles. The van der Waals surface area contributed by atoms with Crippen molar-refractivity contribution >= 4 is 60.5 Å². The summed E-state index contributed by atoms with van der Waals surface area (Å²) in [6.07, 6.45) is -0.429. The summed E-state index contributed by atoms with van der Waals surface area (Å²) in [6.45, 7) is 0.434. The standard InChI is InChI=1S/C58H43N7/c59-55(41-20-5-1-6-21-41)61-56(42-22-7-2-8-23-42)60-38-39-18-17-29-46(36-39)64-51-35-34-49-48-30-15-16-31-50(48)63(47-33-32-40-19-13-14-26-44(40)37-47)53(49)52(51)54-58(64)62-57(43-24-9-3-10-25-43)65(54)45-27-11-4-12-28-45/h1-37,55H,38,59H2,(H,60,61). The van der Waals surface area contributed by atoms with Crippen molar-refractivity contribution in [3.63, 3.8) is 0 Å². The van der Waals surface area contributed by atoms with Crippen molar-refractivity contribution in [1.29, 1.82) is 0 Å². The van der Waals surface area contributed by atoms with E-state index in [4.69, 9.17) is 15.7 Å². The van der Waals surface area contributed by atoms with E-state index in [1.807, 2.05) is 48.5 Å². The van der Waals surface area contributed by atoms with Gasteiger partial charge in [0.1, 0.15) is 23.3 Å². The number of rotatable bonds is 9. The lowest BCUT2D eigenvalue weighted by atomic mass is 10.1. The van der Waals surface area contributed by atoms with Crippen LogP contribution in [0.3, 0.4) is 0 Å². The summed E-state index contributed by atoms with van der Waals surface area (Å²) in [5, 5.41) is 9.41. The molecule has 0 bridgehead atoms. The third-order valence-corrected chi connectivity index (χ3v) is 12.5. The van der Waals surface area contributed by atoms with E-state index in [1.54, 1.807) is 0 Å². The van der Waals surface area contributed by atoms with E-state index in [2.05, 4.69) is 195 Å². The van der Waals surface area contributed by atoms with Gasteiger partial charge in [-0.25, -0.2) is 4.98 Å². The highest BCUT2D eigenvalue weighted by Gasteiger charge is 2.27. The Labute approximate surface area is 376 Å². The van der Waals surface area contributed by atoms with E-state index in [0.29, 0.717) is 6.54 Å². The topological polar surface area (TPSA) is 78.1 Å². The Hall–Kier alpha value is -8.52. The van der Waals surface area contributed by atoms with Gasteiger partial charge in [0, 0.05) is 39.0 Å². The number of para-hydroxylation sites is 2. The van der Waals surface area contributed by atoms with Crippen LogP contribution in [0.1, 0.15) is 22.9 Å². The molecule has 3 N–H and O–H groups in total. The molecule has 3 aromatic heterocycles. The van der Waals surface area contributed by atoms with Crippen LogP contribution >= 0.6 is 0 Å². The molecule has 0 radical (unpaired) electrons. The Morgan fingerprint density at radius 2 is 1.17 bits per heavy atom. The molecule has 12 rings (SSSR count). The van der Waals surface area contributed by atoms with Crippen LogP contribution in [0.4, 0.5) is 0 Å². The van der Waals surface area contributed by atoms with Crippen molar-refractivity contribution in [3.05, 3.63) is 241 Å². The smallest absolute Gasteiger partial charge is 0.165 e. The average molecular weight is 838 g/mol. The van der Waals surface area contributed by atoms with Crippen molar-refractivity contribution in [2.75, 3.05) is 0 Å². The minimum atomic E-state index is -0.429. The molecule has 7 heteroatoms. The van der Waals surface area contributed by atoms with Gasteiger partial charge in [-0.2, -0.15) is 0 Å². The number of fused-ring (bicyclic) bond motifs is 8. The molecule has 0 aliphatic rings. The molecule has 0 saturated carbocycles. The molecule has 65 heavy (non-hydrogen) atoms. The Morgan fingerprint density at radius 3 is 1.97 bits per heavy atom. The van der Waals surface area contributed by atoms with E-state index in [-0.39, 0.29) is 0 Å². The number of nitrogens with one attached hydrogen (secondary N) is 1. The lowest BCUT2D eigenvalue weighted by Gasteiger charge is -2.18. The first-order valence-electron chi connectivity index (χ1n) is 22.0. The zero-order chi connectivity index (χ0) is 43.3. The predicted molar refractivity (Wildman–Crippen MR) is 268 cm³/mol. The summed E-state index contributed by atoms with van der Waals surface area (Å²) in [5.41, 5.74) is 19.2. The number of nitrogens with zero attached hydrogens (tertiary/aromatic N) is 5. The molecular formula is C58H43N7. The fraction of sp³-hybridized carbons (Fsp3) is 0.0345. The van der Waals surface area contributed by atoms with Crippen molar-refractivity contribution in [2.24, 2.45) is 10.7 Å². The zero-order valence-corrected chi connectivity index (χ0v) is 35.5. The second kappa shape index (κ2) is 16.0. The van der Waals surface area contributed by atoms with Crippen LogP contribution in [-0.2, 0) is 6.54 Å². The van der Waals surface area contributed by atoms with Gasteiger partial charge in [-0.05, 0) is 70.4 Å². The van der Waals surface area contributed by atoms with Crippen LogP contribution < -0.4 is 11.1 Å². The van der Waals surface area contributed by atoms with Crippen LogP contribution in [0.15, 0.2) is 229 Å². The molecule has 9 aromatic carbocycles. The van der Waals surface area contributed by atoms with Gasteiger partial charge in [0.15, 0.2) is 5.65 Å². The van der Waals surface area contributed by atoms with Gasteiger partial charge >= 0.3 is 0 Å². The van der Waals surface area contributed by atoms with Crippen molar-refractivity contribution in [3.8, 4) is 28.5 Å². The monoisotopic (exact) mass is 837 g/mol. The van der Waals surface area contributed by atoms with E-state index in [1.165, 1.54) is 21.5 Å². The number of aromatic nitrogens is 4. The number of nitrogens with two attached hydrogens (primary N) is 1. The van der Waals surface area contributed by atoms with Gasteiger partial charge in [-0.1, -0.05) is 176 Å². The van der Waals surface area contributed by atoms with Gasteiger partial charge in [0.25, 0.3) is 0 Å². The fourth-order valence-electron chi connectivity index (χ4n) is 9.50.